The molecule has 0 atom stereocenters. The predicted molar refractivity (Wildman–Crippen MR) is 70.5 cm³/mol. The summed E-state index contributed by atoms with van der Waals surface area (Å²) in [6.45, 7) is 2.13. The van der Waals surface area contributed by atoms with Crippen LogP contribution in [0.15, 0.2) is 6.07 Å². The highest BCUT2D eigenvalue weighted by molar-refractivity contribution is 6.31. The molecule has 3 N–H and O–H groups in total. The average molecular weight is 252 g/mol. The summed E-state index contributed by atoms with van der Waals surface area (Å²) in [5.74, 6) is 1.09. The second-order valence-electron chi connectivity index (χ2n) is 5.13. The van der Waals surface area contributed by atoms with Gasteiger partial charge >= 0.3 is 0 Å². The van der Waals surface area contributed by atoms with Gasteiger partial charge in [0.1, 0.15) is 0 Å². The topological polar surface area (TPSA) is 50.9 Å². The van der Waals surface area contributed by atoms with E-state index in [1.54, 1.807) is 0 Å². The maximum absolute atomic E-state index is 6.22. The Morgan fingerprint density at radius 1 is 1.12 bits per heavy atom. The zero-order valence-electron chi connectivity index (χ0n) is 9.88. The Kier molecular flexibility index (Phi) is 2.97. The van der Waals surface area contributed by atoms with Gasteiger partial charge in [-0.05, 0) is 44.8 Å². The van der Waals surface area contributed by atoms with E-state index in [0.717, 1.165) is 48.0 Å². The van der Waals surface area contributed by atoms with Crippen molar-refractivity contribution in [2.75, 3.05) is 18.8 Å². The van der Waals surface area contributed by atoms with Crippen LogP contribution in [0.4, 0.5) is 5.69 Å². The molecular weight excluding hydrogens is 234 g/mol. The normalized spacial score (nSPS) is 21.7. The summed E-state index contributed by atoms with van der Waals surface area (Å²) in [6.07, 6.45) is 4.70. The molecule has 17 heavy (non-hydrogen) atoms. The molecule has 2 fully saturated rings. The number of nitrogen functional groups attached to an aromatic ring is 1. The number of nitrogens with zero attached hydrogens (tertiary/aromatic N) is 1. The van der Waals surface area contributed by atoms with E-state index < -0.39 is 0 Å². The van der Waals surface area contributed by atoms with Crippen LogP contribution < -0.4 is 11.1 Å². The lowest BCUT2D eigenvalue weighted by atomic mass is 9.93. The second kappa shape index (κ2) is 4.46. The molecule has 1 aromatic heterocycles. The zero-order chi connectivity index (χ0) is 11.8. The van der Waals surface area contributed by atoms with Gasteiger partial charge in [0.05, 0.1) is 22.1 Å². The number of nitrogens with one attached hydrogen (secondary N) is 1. The molecule has 4 heteroatoms. The minimum atomic E-state index is 0.506. The average Bonchev–Trinajstić information content (AvgIpc) is 3.14. The third kappa shape index (κ3) is 2.26. The molecule has 2 heterocycles. The van der Waals surface area contributed by atoms with E-state index in [1.807, 2.05) is 6.07 Å². The van der Waals surface area contributed by atoms with Crippen molar-refractivity contribution in [3.8, 4) is 0 Å². The SMILES string of the molecule is Nc1cc(Cl)c(C2CC2)nc1C1CCNCC1. The van der Waals surface area contributed by atoms with Crippen molar-refractivity contribution < 1.29 is 0 Å². The van der Waals surface area contributed by atoms with Crippen molar-refractivity contribution >= 4 is 17.3 Å². The van der Waals surface area contributed by atoms with Crippen LogP contribution in [0.1, 0.15) is 48.9 Å². The Labute approximate surface area is 107 Å². The van der Waals surface area contributed by atoms with Crippen molar-refractivity contribution in [1.29, 1.82) is 0 Å². The molecule has 3 rings (SSSR count). The number of rotatable bonds is 2. The van der Waals surface area contributed by atoms with E-state index in [9.17, 15) is 0 Å². The van der Waals surface area contributed by atoms with Crippen LogP contribution in [-0.4, -0.2) is 18.1 Å². The molecule has 1 saturated heterocycles. The zero-order valence-corrected chi connectivity index (χ0v) is 10.6. The van der Waals surface area contributed by atoms with Crippen LogP contribution in [0.25, 0.3) is 0 Å². The van der Waals surface area contributed by atoms with E-state index >= 15 is 0 Å². The predicted octanol–water partition coefficient (Wildman–Crippen LogP) is 2.66. The van der Waals surface area contributed by atoms with Gasteiger partial charge in [-0.25, -0.2) is 0 Å². The third-order valence-electron chi connectivity index (χ3n) is 3.75. The molecule has 1 aliphatic carbocycles. The lowest BCUT2D eigenvalue weighted by Gasteiger charge is -2.24. The highest BCUT2D eigenvalue weighted by Gasteiger charge is 2.29. The Morgan fingerprint density at radius 2 is 1.76 bits per heavy atom. The lowest BCUT2D eigenvalue weighted by Crippen LogP contribution is -2.27. The Morgan fingerprint density at radius 3 is 2.41 bits per heavy atom. The van der Waals surface area contributed by atoms with Gasteiger partial charge in [-0.1, -0.05) is 11.6 Å². The molecule has 1 aromatic rings. The van der Waals surface area contributed by atoms with Gasteiger partial charge in [0.15, 0.2) is 0 Å². The van der Waals surface area contributed by atoms with E-state index in [2.05, 4.69) is 5.32 Å². The number of hydrogen-bond acceptors (Lipinski definition) is 3. The van der Waals surface area contributed by atoms with Crippen molar-refractivity contribution in [2.24, 2.45) is 0 Å². The fourth-order valence-electron chi connectivity index (χ4n) is 2.60. The smallest absolute Gasteiger partial charge is 0.0669 e. The largest absolute Gasteiger partial charge is 0.397 e. The van der Waals surface area contributed by atoms with Crippen LogP contribution in [0.3, 0.4) is 0 Å². The quantitative estimate of drug-likeness (QED) is 0.850. The molecule has 1 saturated carbocycles. The van der Waals surface area contributed by atoms with Crippen LogP contribution in [0.5, 0.6) is 0 Å². The van der Waals surface area contributed by atoms with Gasteiger partial charge in [0.2, 0.25) is 0 Å². The Balaban J connectivity index is 1.94. The number of piperidine rings is 1. The molecule has 0 spiro atoms. The van der Waals surface area contributed by atoms with E-state index in [-0.39, 0.29) is 0 Å². The van der Waals surface area contributed by atoms with Crippen LogP contribution >= 0.6 is 11.6 Å². The van der Waals surface area contributed by atoms with Crippen LogP contribution in [0.2, 0.25) is 5.02 Å². The van der Waals surface area contributed by atoms with E-state index in [4.69, 9.17) is 22.3 Å². The number of pyridine rings is 1. The third-order valence-corrected chi connectivity index (χ3v) is 4.06. The van der Waals surface area contributed by atoms with Crippen LogP contribution in [0, 0.1) is 0 Å². The van der Waals surface area contributed by atoms with Gasteiger partial charge in [0, 0.05) is 11.8 Å². The fourth-order valence-corrected chi connectivity index (χ4v) is 2.91. The van der Waals surface area contributed by atoms with Crippen molar-refractivity contribution in [3.05, 3.63) is 22.5 Å². The van der Waals surface area contributed by atoms with E-state index in [0.29, 0.717) is 11.8 Å². The molecule has 0 aromatic carbocycles. The van der Waals surface area contributed by atoms with E-state index in [1.165, 1.54) is 12.8 Å². The maximum Gasteiger partial charge on any atom is 0.0669 e. The molecule has 92 valence electrons. The highest BCUT2D eigenvalue weighted by Crippen LogP contribution is 2.44. The Hall–Kier alpha value is -0.800. The van der Waals surface area contributed by atoms with Gasteiger partial charge in [0.25, 0.3) is 0 Å². The summed E-state index contributed by atoms with van der Waals surface area (Å²) in [5, 5.41) is 4.12. The monoisotopic (exact) mass is 251 g/mol. The second-order valence-corrected chi connectivity index (χ2v) is 5.54. The first-order valence-electron chi connectivity index (χ1n) is 6.42. The highest BCUT2D eigenvalue weighted by atomic mass is 35.5. The van der Waals surface area contributed by atoms with Crippen molar-refractivity contribution in [1.82, 2.24) is 10.3 Å². The first-order valence-corrected chi connectivity index (χ1v) is 6.80. The fraction of sp³-hybridized carbons (Fsp3) is 0.615. The number of anilines is 1. The standard InChI is InChI=1S/C13H18ClN3/c14-10-7-11(15)13(9-3-5-16-6-4-9)17-12(10)8-1-2-8/h7-9,16H,1-6,15H2. The molecule has 0 bridgehead atoms. The van der Waals surface area contributed by atoms with Gasteiger partial charge in [-0.15, -0.1) is 0 Å². The van der Waals surface area contributed by atoms with Gasteiger partial charge in [-0.3, -0.25) is 4.98 Å². The first kappa shape index (κ1) is 11.3. The number of nitrogens with two attached hydrogens (primary N) is 1. The minimum absolute atomic E-state index is 0.506. The summed E-state index contributed by atoms with van der Waals surface area (Å²) in [7, 11) is 0. The summed E-state index contributed by atoms with van der Waals surface area (Å²) in [4.78, 5) is 4.77. The summed E-state index contributed by atoms with van der Waals surface area (Å²) in [6, 6.07) is 1.90. The maximum atomic E-state index is 6.22. The molecule has 0 amide bonds. The lowest BCUT2D eigenvalue weighted by molar-refractivity contribution is 0.453. The number of aromatic nitrogens is 1. The Bertz CT molecular complexity index is 423. The summed E-state index contributed by atoms with van der Waals surface area (Å²) >= 11 is 6.22. The molecule has 2 aliphatic rings. The van der Waals surface area contributed by atoms with Gasteiger partial charge < -0.3 is 11.1 Å². The number of hydrogen-bond donors (Lipinski definition) is 2. The molecule has 0 radical (unpaired) electrons. The molecule has 1 aliphatic heterocycles. The summed E-state index contributed by atoms with van der Waals surface area (Å²) in [5.41, 5.74) is 9.00. The van der Waals surface area contributed by atoms with Crippen LogP contribution in [-0.2, 0) is 0 Å². The number of halogens is 1. The van der Waals surface area contributed by atoms with Crippen molar-refractivity contribution in [2.45, 2.75) is 37.5 Å². The minimum Gasteiger partial charge on any atom is -0.397 e. The molecular formula is C13H18ClN3. The molecule has 3 nitrogen and oxygen atoms in total. The first-order chi connectivity index (χ1) is 8.25. The van der Waals surface area contributed by atoms with Gasteiger partial charge in [-0.2, -0.15) is 0 Å². The summed E-state index contributed by atoms with van der Waals surface area (Å²) < 4.78 is 0. The van der Waals surface area contributed by atoms with Crippen molar-refractivity contribution in [3.63, 3.8) is 0 Å². The molecule has 0 unspecified atom stereocenters.